The second-order valence-electron chi connectivity index (χ2n) is 8.98. The van der Waals surface area contributed by atoms with E-state index in [1.54, 1.807) is 6.20 Å². The van der Waals surface area contributed by atoms with Gasteiger partial charge in [0.1, 0.15) is 0 Å². The first kappa shape index (κ1) is 24.5. The molecule has 1 saturated heterocycles. The molecule has 36 heavy (non-hydrogen) atoms. The summed E-state index contributed by atoms with van der Waals surface area (Å²) in [5.74, 6) is 1.04. The van der Waals surface area contributed by atoms with Crippen LogP contribution in [0.1, 0.15) is 29.9 Å². The Bertz CT molecular complexity index is 1340. The lowest BCUT2D eigenvalue weighted by molar-refractivity contribution is 0.164. The van der Waals surface area contributed by atoms with Gasteiger partial charge in [-0.05, 0) is 73.3 Å². The van der Waals surface area contributed by atoms with Gasteiger partial charge in [0.05, 0.1) is 24.0 Å². The molecule has 3 N–H and O–H groups in total. The summed E-state index contributed by atoms with van der Waals surface area (Å²) in [5, 5.41) is 17.1. The van der Waals surface area contributed by atoms with Crippen LogP contribution in [0.25, 0.3) is 16.8 Å². The number of aliphatic hydroxyl groups excluding tert-OH is 1. The van der Waals surface area contributed by atoms with Crippen molar-refractivity contribution >= 4 is 28.4 Å². The summed E-state index contributed by atoms with van der Waals surface area (Å²) in [5.41, 5.74) is 5.81. The predicted molar refractivity (Wildman–Crippen MR) is 139 cm³/mol. The third-order valence-corrected chi connectivity index (χ3v) is 7.04. The Morgan fingerprint density at radius 1 is 1.08 bits per heavy atom. The van der Waals surface area contributed by atoms with Crippen LogP contribution in [0.4, 0.5) is 11.6 Å². The number of anilines is 2. The lowest BCUT2D eigenvalue weighted by Crippen LogP contribution is -2.34. The fourth-order valence-corrected chi connectivity index (χ4v) is 5.04. The van der Waals surface area contributed by atoms with Crippen LogP contribution in [0.15, 0.2) is 66.9 Å². The maximum atomic E-state index is 10.8. The molecule has 2 aromatic carbocycles. The van der Waals surface area contributed by atoms with Crippen molar-refractivity contribution in [1.29, 1.82) is 0 Å². The standard InChI is InChI=1S/C26H30N6O3S/c33-15-14-31-12-10-21(11-13-31)20-4-6-23(7-5-20)29-26-27-18-24-8-9-25(32(24)30-26)22-3-1-2-19(16-22)17-28-36(34)35/h1-9,16,18,21,28,33H,10-15,17H2,(H,29,30)(H,34,35)/p-1. The Morgan fingerprint density at radius 2 is 1.89 bits per heavy atom. The third-order valence-electron chi connectivity index (χ3n) is 6.66. The van der Waals surface area contributed by atoms with Crippen molar-refractivity contribution in [1.82, 2.24) is 24.2 Å². The highest BCUT2D eigenvalue weighted by Crippen LogP contribution is 2.29. The molecule has 0 amide bonds. The average Bonchev–Trinajstić information content (AvgIpc) is 3.32. The molecule has 0 radical (unpaired) electrons. The normalized spacial score (nSPS) is 15.8. The molecule has 0 aliphatic carbocycles. The van der Waals surface area contributed by atoms with Crippen molar-refractivity contribution in [2.45, 2.75) is 25.3 Å². The van der Waals surface area contributed by atoms with Gasteiger partial charge in [0.2, 0.25) is 5.95 Å². The molecule has 1 aliphatic rings. The van der Waals surface area contributed by atoms with Crippen LogP contribution >= 0.6 is 0 Å². The first-order valence-electron chi connectivity index (χ1n) is 12.1. The number of nitrogens with one attached hydrogen (secondary N) is 2. The molecule has 1 aliphatic heterocycles. The first-order chi connectivity index (χ1) is 17.6. The number of aromatic nitrogens is 3. The van der Waals surface area contributed by atoms with Crippen LogP contribution in [-0.2, 0) is 17.8 Å². The van der Waals surface area contributed by atoms with E-state index in [1.165, 1.54) is 5.56 Å². The summed E-state index contributed by atoms with van der Waals surface area (Å²) in [6.45, 7) is 3.26. The van der Waals surface area contributed by atoms with Gasteiger partial charge in [-0.15, -0.1) is 5.10 Å². The lowest BCUT2D eigenvalue weighted by atomic mass is 9.89. The fraction of sp³-hybridized carbons (Fsp3) is 0.308. The quantitative estimate of drug-likeness (QED) is 0.299. The molecule has 0 bridgehead atoms. The van der Waals surface area contributed by atoms with Gasteiger partial charge in [0.25, 0.3) is 0 Å². The van der Waals surface area contributed by atoms with Crippen molar-refractivity contribution < 1.29 is 13.9 Å². The number of piperidine rings is 1. The molecule has 2 aromatic heterocycles. The molecule has 1 unspecified atom stereocenters. The topological polar surface area (TPSA) is 118 Å². The number of rotatable bonds is 9. The monoisotopic (exact) mass is 505 g/mol. The first-order valence-corrected chi connectivity index (χ1v) is 13.1. The van der Waals surface area contributed by atoms with E-state index in [9.17, 15) is 8.76 Å². The lowest BCUT2D eigenvalue weighted by Gasteiger charge is -2.31. The Hall–Kier alpha value is -3.15. The second kappa shape index (κ2) is 11.3. The summed E-state index contributed by atoms with van der Waals surface area (Å²) in [6, 6.07) is 20.1. The van der Waals surface area contributed by atoms with E-state index >= 15 is 0 Å². The predicted octanol–water partition coefficient (Wildman–Crippen LogP) is 3.20. The Labute approximate surface area is 212 Å². The number of hydrogen-bond donors (Lipinski definition) is 3. The number of nitrogens with zero attached hydrogens (tertiary/aromatic N) is 4. The zero-order chi connectivity index (χ0) is 24.9. The average molecular weight is 506 g/mol. The number of aliphatic hydroxyl groups is 1. The van der Waals surface area contributed by atoms with Gasteiger partial charge in [-0.3, -0.25) is 4.21 Å². The minimum absolute atomic E-state index is 0.221. The largest absolute Gasteiger partial charge is 0.760 e. The van der Waals surface area contributed by atoms with Gasteiger partial charge in [-0.25, -0.2) is 14.2 Å². The molecule has 0 spiro atoms. The Balaban J connectivity index is 1.30. The zero-order valence-corrected chi connectivity index (χ0v) is 20.7. The summed E-state index contributed by atoms with van der Waals surface area (Å²) < 4.78 is 25.9. The molecular weight excluding hydrogens is 476 g/mol. The van der Waals surface area contributed by atoms with Crippen LogP contribution in [0.3, 0.4) is 0 Å². The Kier molecular flexibility index (Phi) is 7.69. The fourth-order valence-electron chi connectivity index (χ4n) is 4.76. The van der Waals surface area contributed by atoms with Gasteiger partial charge in [0.15, 0.2) is 0 Å². The van der Waals surface area contributed by atoms with E-state index < -0.39 is 11.3 Å². The zero-order valence-electron chi connectivity index (χ0n) is 19.8. The highest BCUT2D eigenvalue weighted by molar-refractivity contribution is 7.77. The van der Waals surface area contributed by atoms with Crippen molar-refractivity contribution in [3.63, 3.8) is 0 Å². The number of β-amino-alcohol motifs (C(OH)–C–C–N with tert-alkyl or cyclic N) is 1. The van der Waals surface area contributed by atoms with Crippen LogP contribution in [0.5, 0.6) is 0 Å². The smallest absolute Gasteiger partial charge is 0.245 e. The molecule has 188 valence electrons. The minimum atomic E-state index is -2.30. The number of fused-ring (bicyclic) bond motifs is 1. The maximum Gasteiger partial charge on any atom is 0.245 e. The number of hydrogen-bond acceptors (Lipinski definition) is 7. The van der Waals surface area contributed by atoms with Crippen molar-refractivity contribution in [2.24, 2.45) is 0 Å². The van der Waals surface area contributed by atoms with Crippen molar-refractivity contribution in [3.8, 4) is 11.3 Å². The maximum absolute atomic E-state index is 10.8. The molecule has 5 rings (SSSR count). The van der Waals surface area contributed by atoms with Gasteiger partial charge in [-0.2, -0.15) is 0 Å². The molecule has 9 nitrogen and oxygen atoms in total. The minimum Gasteiger partial charge on any atom is -0.760 e. The summed E-state index contributed by atoms with van der Waals surface area (Å²) in [6.07, 6.45) is 3.99. The van der Waals surface area contributed by atoms with Gasteiger partial charge >= 0.3 is 0 Å². The van der Waals surface area contributed by atoms with Gasteiger partial charge < -0.3 is 19.9 Å². The summed E-state index contributed by atoms with van der Waals surface area (Å²) >= 11 is -2.30. The van der Waals surface area contributed by atoms with E-state index in [4.69, 9.17) is 10.2 Å². The van der Waals surface area contributed by atoms with Gasteiger partial charge in [0, 0.05) is 35.6 Å². The molecule has 3 heterocycles. The van der Waals surface area contributed by atoms with Gasteiger partial charge in [-0.1, -0.05) is 30.3 Å². The molecule has 10 heteroatoms. The molecule has 1 fully saturated rings. The van der Waals surface area contributed by atoms with Crippen LogP contribution in [0, 0.1) is 0 Å². The SMILES string of the molecule is O=S([O-])NCc1cccc(-c2ccc3cnc(Nc4ccc(C5CCN(CCO)CC5)cc4)nn23)c1. The van der Waals surface area contributed by atoms with Crippen LogP contribution in [0.2, 0.25) is 0 Å². The van der Waals surface area contributed by atoms with E-state index in [-0.39, 0.29) is 13.2 Å². The van der Waals surface area contributed by atoms with Crippen molar-refractivity contribution in [3.05, 3.63) is 78.0 Å². The summed E-state index contributed by atoms with van der Waals surface area (Å²) in [4.78, 5) is 6.78. The second-order valence-corrected chi connectivity index (χ2v) is 9.74. The number of likely N-dealkylation sites (tertiary alicyclic amines) is 1. The van der Waals surface area contributed by atoms with E-state index in [0.717, 1.165) is 60.5 Å². The molecule has 0 saturated carbocycles. The number of benzene rings is 2. The van der Waals surface area contributed by atoms with Crippen molar-refractivity contribution in [2.75, 3.05) is 31.6 Å². The molecule has 1 atom stereocenters. The Morgan fingerprint density at radius 3 is 2.64 bits per heavy atom. The van der Waals surface area contributed by atoms with E-state index in [1.807, 2.05) is 40.9 Å². The van der Waals surface area contributed by atoms with Crippen LogP contribution in [-0.4, -0.2) is 59.6 Å². The highest BCUT2D eigenvalue weighted by atomic mass is 32.2. The summed E-state index contributed by atoms with van der Waals surface area (Å²) in [7, 11) is 0. The highest BCUT2D eigenvalue weighted by Gasteiger charge is 2.20. The molecular formula is C26H29N6O3S-. The van der Waals surface area contributed by atoms with Crippen LogP contribution < -0.4 is 10.0 Å². The third kappa shape index (κ3) is 5.80. The molecule has 4 aromatic rings. The van der Waals surface area contributed by atoms with E-state index in [2.05, 4.69) is 44.2 Å². The van der Waals surface area contributed by atoms with E-state index in [0.29, 0.717) is 11.9 Å².